The lowest BCUT2D eigenvalue weighted by atomic mass is 9.80. The number of amides is 1. The number of methoxy groups -OCH3 is 1. The first-order valence-corrected chi connectivity index (χ1v) is 12.7. The molecule has 5 heteroatoms. The molecule has 2 atom stereocenters. The quantitative estimate of drug-likeness (QED) is 0.231. The van der Waals surface area contributed by atoms with Crippen molar-refractivity contribution in [3.8, 4) is 5.75 Å². The van der Waals surface area contributed by atoms with Crippen LogP contribution in [0.1, 0.15) is 47.6 Å². The standard InChI is InChI=1S/C32H32N2O3/c1-23(25-9-4-3-5-10-25)29(19-32(35)33-20-27-11-8-18-37-27)30-22-34(31-13-7-6-12-28(30)31)21-24-14-16-26(36-2)17-15-24/h3-18,22-23,29H,19-21H2,1-2H3,(H,33,35)/t23-,29-/m0/s1. The Kier molecular flexibility index (Phi) is 7.41. The molecule has 0 radical (unpaired) electrons. The van der Waals surface area contributed by atoms with Gasteiger partial charge in [-0.3, -0.25) is 4.79 Å². The highest BCUT2D eigenvalue weighted by atomic mass is 16.5. The van der Waals surface area contributed by atoms with Crippen LogP contribution >= 0.6 is 0 Å². The summed E-state index contributed by atoms with van der Waals surface area (Å²) < 4.78 is 13.0. The van der Waals surface area contributed by atoms with Crippen LogP contribution in [0.3, 0.4) is 0 Å². The van der Waals surface area contributed by atoms with Crippen LogP contribution < -0.4 is 10.1 Å². The molecule has 0 spiro atoms. The van der Waals surface area contributed by atoms with E-state index in [-0.39, 0.29) is 17.7 Å². The number of benzene rings is 3. The molecule has 3 aromatic carbocycles. The average molecular weight is 493 g/mol. The van der Waals surface area contributed by atoms with E-state index < -0.39 is 0 Å². The van der Waals surface area contributed by atoms with Crippen LogP contribution in [-0.4, -0.2) is 17.6 Å². The van der Waals surface area contributed by atoms with Crippen molar-refractivity contribution in [2.45, 2.75) is 38.3 Å². The topological polar surface area (TPSA) is 56.4 Å². The van der Waals surface area contributed by atoms with Crippen molar-refractivity contribution in [1.82, 2.24) is 9.88 Å². The van der Waals surface area contributed by atoms with Crippen molar-refractivity contribution >= 4 is 16.8 Å². The number of furan rings is 1. The van der Waals surface area contributed by atoms with E-state index in [9.17, 15) is 4.79 Å². The Morgan fingerprint density at radius 3 is 2.43 bits per heavy atom. The van der Waals surface area contributed by atoms with E-state index in [0.717, 1.165) is 23.6 Å². The summed E-state index contributed by atoms with van der Waals surface area (Å²) in [6, 6.07) is 30.8. The number of carbonyl (C=O) groups is 1. The summed E-state index contributed by atoms with van der Waals surface area (Å²) in [5.41, 5.74) is 4.76. The van der Waals surface area contributed by atoms with E-state index in [1.165, 1.54) is 22.1 Å². The summed E-state index contributed by atoms with van der Waals surface area (Å²) >= 11 is 0. The zero-order chi connectivity index (χ0) is 25.6. The molecule has 0 fully saturated rings. The fraction of sp³-hybridized carbons (Fsp3) is 0.219. The van der Waals surface area contributed by atoms with Crippen molar-refractivity contribution in [2.24, 2.45) is 0 Å². The minimum atomic E-state index is 0.000943. The molecule has 0 aliphatic carbocycles. The second kappa shape index (κ2) is 11.2. The maximum Gasteiger partial charge on any atom is 0.221 e. The highest BCUT2D eigenvalue weighted by Gasteiger charge is 2.27. The SMILES string of the molecule is COc1ccc(Cn2cc([C@@H](CC(=O)NCc3ccco3)[C@@H](C)c3ccccc3)c3ccccc32)cc1. The first kappa shape index (κ1) is 24.4. The van der Waals surface area contributed by atoms with Gasteiger partial charge in [-0.05, 0) is 52.9 Å². The summed E-state index contributed by atoms with van der Waals surface area (Å²) in [7, 11) is 1.68. The predicted octanol–water partition coefficient (Wildman–Crippen LogP) is 6.89. The van der Waals surface area contributed by atoms with Crippen LogP contribution in [0.15, 0.2) is 108 Å². The van der Waals surface area contributed by atoms with Gasteiger partial charge in [0, 0.05) is 36.0 Å². The largest absolute Gasteiger partial charge is 0.497 e. The number of nitrogens with zero attached hydrogens (tertiary/aromatic N) is 1. The molecule has 5 rings (SSSR count). The Balaban J connectivity index is 1.49. The van der Waals surface area contributed by atoms with E-state index in [1.807, 2.05) is 30.3 Å². The summed E-state index contributed by atoms with van der Waals surface area (Å²) in [6.07, 6.45) is 4.24. The first-order chi connectivity index (χ1) is 18.1. The molecule has 0 aliphatic heterocycles. The molecule has 0 bridgehead atoms. The van der Waals surface area contributed by atoms with Gasteiger partial charge in [0.15, 0.2) is 0 Å². The lowest BCUT2D eigenvalue weighted by Gasteiger charge is -2.24. The molecule has 0 unspecified atom stereocenters. The Labute approximate surface area is 217 Å². The number of para-hydroxylation sites is 1. The van der Waals surface area contributed by atoms with Gasteiger partial charge in [0.2, 0.25) is 5.91 Å². The van der Waals surface area contributed by atoms with Gasteiger partial charge in [-0.15, -0.1) is 0 Å². The van der Waals surface area contributed by atoms with Crippen molar-refractivity contribution in [3.63, 3.8) is 0 Å². The number of hydrogen-bond donors (Lipinski definition) is 1. The fourth-order valence-electron chi connectivity index (χ4n) is 5.04. The molecular weight excluding hydrogens is 460 g/mol. The van der Waals surface area contributed by atoms with Crippen LogP contribution in [0, 0.1) is 0 Å². The lowest BCUT2D eigenvalue weighted by Crippen LogP contribution is -2.26. The predicted molar refractivity (Wildman–Crippen MR) is 147 cm³/mol. The maximum atomic E-state index is 13.2. The Hall–Kier alpha value is -4.25. The highest BCUT2D eigenvalue weighted by molar-refractivity contribution is 5.86. The second-order valence-electron chi connectivity index (χ2n) is 9.44. The summed E-state index contributed by atoms with van der Waals surface area (Å²) in [5.74, 6) is 1.75. The van der Waals surface area contributed by atoms with Gasteiger partial charge in [-0.1, -0.05) is 67.6 Å². The number of nitrogens with one attached hydrogen (secondary N) is 1. The van der Waals surface area contributed by atoms with Crippen LogP contribution in [0.25, 0.3) is 10.9 Å². The number of ether oxygens (including phenoxy) is 1. The minimum absolute atomic E-state index is 0.000943. The van der Waals surface area contributed by atoms with Crippen LogP contribution in [0.5, 0.6) is 5.75 Å². The van der Waals surface area contributed by atoms with Gasteiger partial charge >= 0.3 is 0 Å². The first-order valence-electron chi connectivity index (χ1n) is 12.7. The van der Waals surface area contributed by atoms with E-state index in [2.05, 4.69) is 83.7 Å². The Morgan fingerprint density at radius 2 is 1.70 bits per heavy atom. The monoisotopic (exact) mass is 492 g/mol. The molecule has 5 aromatic rings. The molecule has 2 aromatic heterocycles. The van der Waals surface area contributed by atoms with E-state index >= 15 is 0 Å². The van der Waals surface area contributed by atoms with E-state index in [0.29, 0.717) is 13.0 Å². The normalized spacial score (nSPS) is 12.8. The maximum absolute atomic E-state index is 13.2. The van der Waals surface area contributed by atoms with Crippen LogP contribution in [0.4, 0.5) is 0 Å². The Morgan fingerprint density at radius 1 is 0.946 bits per heavy atom. The lowest BCUT2D eigenvalue weighted by molar-refractivity contribution is -0.121. The molecule has 0 saturated carbocycles. The van der Waals surface area contributed by atoms with Gasteiger partial charge in [-0.2, -0.15) is 0 Å². The van der Waals surface area contributed by atoms with Crippen LogP contribution in [0.2, 0.25) is 0 Å². The smallest absolute Gasteiger partial charge is 0.221 e. The highest BCUT2D eigenvalue weighted by Crippen LogP contribution is 2.40. The average Bonchev–Trinajstić information content (AvgIpc) is 3.60. The molecule has 5 nitrogen and oxygen atoms in total. The third kappa shape index (κ3) is 5.61. The Bertz CT molecular complexity index is 1440. The minimum Gasteiger partial charge on any atom is -0.497 e. The molecule has 0 saturated heterocycles. The third-order valence-corrected chi connectivity index (χ3v) is 7.10. The van der Waals surface area contributed by atoms with Gasteiger partial charge in [0.1, 0.15) is 11.5 Å². The van der Waals surface area contributed by atoms with Gasteiger partial charge < -0.3 is 19.0 Å². The molecule has 188 valence electrons. The second-order valence-corrected chi connectivity index (χ2v) is 9.44. The van der Waals surface area contributed by atoms with Gasteiger partial charge in [0.05, 0.1) is 19.9 Å². The van der Waals surface area contributed by atoms with Gasteiger partial charge in [-0.25, -0.2) is 0 Å². The molecule has 1 N–H and O–H groups in total. The summed E-state index contributed by atoms with van der Waals surface area (Å²) in [5, 5.41) is 4.23. The van der Waals surface area contributed by atoms with Crippen LogP contribution in [-0.2, 0) is 17.9 Å². The van der Waals surface area contributed by atoms with E-state index in [4.69, 9.17) is 9.15 Å². The number of carbonyl (C=O) groups excluding carboxylic acids is 1. The third-order valence-electron chi connectivity index (χ3n) is 7.10. The van der Waals surface area contributed by atoms with Crippen molar-refractivity contribution < 1.29 is 13.9 Å². The summed E-state index contributed by atoms with van der Waals surface area (Å²) in [4.78, 5) is 13.2. The zero-order valence-corrected chi connectivity index (χ0v) is 21.3. The number of rotatable bonds is 10. The number of hydrogen-bond acceptors (Lipinski definition) is 3. The number of aromatic nitrogens is 1. The molecule has 2 heterocycles. The van der Waals surface area contributed by atoms with Crippen molar-refractivity contribution in [1.29, 1.82) is 0 Å². The fourth-order valence-corrected chi connectivity index (χ4v) is 5.04. The summed E-state index contributed by atoms with van der Waals surface area (Å²) in [6.45, 7) is 3.34. The molecule has 0 aliphatic rings. The van der Waals surface area contributed by atoms with Crippen molar-refractivity contribution in [3.05, 3.63) is 126 Å². The molecule has 37 heavy (non-hydrogen) atoms. The van der Waals surface area contributed by atoms with Gasteiger partial charge in [0.25, 0.3) is 0 Å². The molecular formula is C32H32N2O3. The van der Waals surface area contributed by atoms with Crippen molar-refractivity contribution in [2.75, 3.05) is 7.11 Å². The molecule has 1 amide bonds. The number of fused-ring (bicyclic) bond motifs is 1. The van der Waals surface area contributed by atoms with E-state index in [1.54, 1.807) is 13.4 Å². The zero-order valence-electron chi connectivity index (χ0n) is 21.3.